The van der Waals surface area contributed by atoms with Crippen molar-refractivity contribution >= 4 is 23.5 Å². The topological polar surface area (TPSA) is 70.5 Å². The van der Waals surface area contributed by atoms with Crippen LogP contribution < -0.4 is 0 Å². The average Bonchev–Trinajstić information content (AvgIpc) is 2.47. The number of nitrogens with zero attached hydrogens (tertiary/aromatic N) is 2. The Kier molecular flexibility index (Phi) is 4.28. The van der Waals surface area contributed by atoms with Gasteiger partial charge < -0.3 is 10.0 Å². The van der Waals surface area contributed by atoms with Gasteiger partial charge in [0.05, 0.1) is 11.0 Å². The van der Waals surface area contributed by atoms with E-state index in [1.54, 1.807) is 17.0 Å². The molecule has 1 aromatic heterocycles. The number of aromatic nitrogens is 1. The Labute approximate surface area is 122 Å². The third kappa shape index (κ3) is 2.77. The minimum atomic E-state index is -0.827. The number of amides is 1. The van der Waals surface area contributed by atoms with Crippen molar-refractivity contribution in [2.75, 3.05) is 13.1 Å². The van der Waals surface area contributed by atoms with Gasteiger partial charge in [-0.3, -0.25) is 9.59 Å². The van der Waals surface area contributed by atoms with Crippen molar-refractivity contribution in [2.45, 2.75) is 26.2 Å². The van der Waals surface area contributed by atoms with Gasteiger partial charge in [-0.05, 0) is 31.4 Å². The first-order chi connectivity index (χ1) is 9.48. The van der Waals surface area contributed by atoms with Crippen molar-refractivity contribution in [3.63, 3.8) is 0 Å². The highest BCUT2D eigenvalue weighted by molar-refractivity contribution is 6.29. The van der Waals surface area contributed by atoms with Gasteiger partial charge in [-0.25, -0.2) is 4.98 Å². The number of piperidine rings is 1. The highest BCUT2D eigenvalue weighted by Crippen LogP contribution is 2.34. The summed E-state index contributed by atoms with van der Waals surface area (Å²) in [7, 11) is 0. The Morgan fingerprint density at radius 3 is 2.80 bits per heavy atom. The van der Waals surface area contributed by atoms with Crippen LogP contribution in [0.15, 0.2) is 18.3 Å². The molecule has 1 aliphatic heterocycles. The Bertz CT molecular complexity index is 518. The fourth-order valence-electron chi connectivity index (χ4n) is 2.60. The molecule has 0 spiro atoms. The van der Waals surface area contributed by atoms with Crippen molar-refractivity contribution in [1.29, 1.82) is 0 Å². The lowest BCUT2D eigenvalue weighted by Crippen LogP contribution is -2.49. The van der Waals surface area contributed by atoms with Crippen molar-refractivity contribution in [2.24, 2.45) is 5.41 Å². The summed E-state index contributed by atoms with van der Waals surface area (Å²) >= 11 is 5.70. The average molecular weight is 297 g/mol. The molecule has 1 unspecified atom stereocenters. The Morgan fingerprint density at radius 1 is 1.50 bits per heavy atom. The van der Waals surface area contributed by atoms with E-state index in [4.69, 9.17) is 11.6 Å². The highest BCUT2D eigenvalue weighted by Gasteiger charge is 2.42. The fraction of sp³-hybridized carbons (Fsp3) is 0.500. The fourth-order valence-corrected chi connectivity index (χ4v) is 2.72. The Hall–Kier alpha value is -1.62. The van der Waals surface area contributed by atoms with E-state index in [-0.39, 0.29) is 12.5 Å². The summed E-state index contributed by atoms with van der Waals surface area (Å²) in [5.41, 5.74) is -0.389. The summed E-state index contributed by atoms with van der Waals surface area (Å²) in [5, 5.41) is 9.75. The second-order valence-corrected chi connectivity index (χ2v) is 5.53. The minimum Gasteiger partial charge on any atom is -0.481 e. The van der Waals surface area contributed by atoms with Crippen LogP contribution in [-0.4, -0.2) is 40.0 Å². The maximum Gasteiger partial charge on any atom is 0.311 e. The maximum atomic E-state index is 12.4. The number of carboxylic acids is 1. The molecule has 0 radical (unpaired) electrons. The third-order valence-corrected chi connectivity index (χ3v) is 4.19. The van der Waals surface area contributed by atoms with Crippen LogP contribution in [0.3, 0.4) is 0 Å². The first kappa shape index (κ1) is 14.8. The monoisotopic (exact) mass is 296 g/mol. The van der Waals surface area contributed by atoms with Gasteiger partial charge in [-0.1, -0.05) is 18.5 Å². The van der Waals surface area contributed by atoms with E-state index in [1.165, 1.54) is 6.20 Å². The van der Waals surface area contributed by atoms with Crippen LogP contribution in [0, 0.1) is 5.41 Å². The van der Waals surface area contributed by atoms with Gasteiger partial charge >= 0.3 is 5.97 Å². The second kappa shape index (κ2) is 5.79. The molecule has 5 nitrogen and oxygen atoms in total. The van der Waals surface area contributed by atoms with Crippen molar-refractivity contribution in [3.8, 4) is 0 Å². The molecule has 2 rings (SSSR count). The molecule has 108 valence electrons. The van der Waals surface area contributed by atoms with E-state index >= 15 is 0 Å². The molecule has 1 amide bonds. The standard InChI is InChI=1S/C14H17ClN2O3/c1-2-14(13(19)20)6-3-7-17(9-14)12(18)10-4-5-11(15)16-8-10/h4-5,8H,2-3,6-7,9H2,1H3,(H,19,20). The van der Waals surface area contributed by atoms with Crippen LogP contribution in [0.1, 0.15) is 36.5 Å². The quantitative estimate of drug-likeness (QED) is 0.870. The smallest absolute Gasteiger partial charge is 0.311 e. The summed E-state index contributed by atoms with van der Waals surface area (Å²) in [6.45, 7) is 2.68. The number of aliphatic carboxylic acids is 1. The molecule has 0 aromatic carbocycles. The van der Waals surface area contributed by atoms with Gasteiger partial charge in [0, 0.05) is 19.3 Å². The summed E-state index contributed by atoms with van der Waals surface area (Å²) < 4.78 is 0. The largest absolute Gasteiger partial charge is 0.481 e. The van der Waals surface area contributed by atoms with E-state index in [9.17, 15) is 14.7 Å². The molecular formula is C14H17ClN2O3. The number of rotatable bonds is 3. The zero-order valence-corrected chi connectivity index (χ0v) is 12.1. The molecule has 1 saturated heterocycles. The van der Waals surface area contributed by atoms with Crippen LogP contribution in [-0.2, 0) is 4.79 Å². The predicted octanol–water partition coefficient (Wildman–Crippen LogP) is 2.45. The van der Waals surface area contributed by atoms with Crippen LogP contribution in [0.2, 0.25) is 5.15 Å². The number of hydrogen-bond donors (Lipinski definition) is 1. The van der Waals surface area contributed by atoms with Gasteiger partial charge in [0.1, 0.15) is 5.15 Å². The first-order valence-corrected chi connectivity index (χ1v) is 7.00. The number of hydrogen-bond acceptors (Lipinski definition) is 3. The number of halogens is 1. The molecule has 6 heteroatoms. The summed E-state index contributed by atoms with van der Waals surface area (Å²) in [6, 6.07) is 3.17. The lowest BCUT2D eigenvalue weighted by molar-refractivity contribution is -0.152. The number of carbonyl (C=O) groups excluding carboxylic acids is 1. The lowest BCUT2D eigenvalue weighted by Gasteiger charge is -2.39. The van der Waals surface area contributed by atoms with Gasteiger partial charge in [0.2, 0.25) is 0 Å². The summed E-state index contributed by atoms with van der Waals surface area (Å²) in [5.74, 6) is -1.01. The highest BCUT2D eigenvalue weighted by atomic mass is 35.5. The van der Waals surface area contributed by atoms with E-state index in [0.29, 0.717) is 36.5 Å². The van der Waals surface area contributed by atoms with E-state index in [1.807, 2.05) is 6.92 Å². The molecule has 2 heterocycles. The number of likely N-dealkylation sites (tertiary alicyclic amines) is 1. The maximum absolute atomic E-state index is 12.4. The van der Waals surface area contributed by atoms with Gasteiger partial charge in [-0.15, -0.1) is 0 Å². The number of carbonyl (C=O) groups is 2. The summed E-state index contributed by atoms with van der Waals surface area (Å²) in [6.07, 6.45) is 3.26. The molecular weight excluding hydrogens is 280 g/mol. The van der Waals surface area contributed by atoms with E-state index < -0.39 is 11.4 Å². The molecule has 0 bridgehead atoms. The molecule has 1 N–H and O–H groups in total. The molecule has 1 aliphatic rings. The van der Waals surface area contributed by atoms with Crippen LogP contribution >= 0.6 is 11.6 Å². The molecule has 1 aromatic rings. The van der Waals surface area contributed by atoms with E-state index in [2.05, 4.69) is 4.98 Å². The predicted molar refractivity (Wildman–Crippen MR) is 74.7 cm³/mol. The summed E-state index contributed by atoms with van der Waals surface area (Å²) in [4.78, 5) is 29.4. The van der Waals surface area contributed by atoms with Crippen LogP contribution in [0.4, 0.5) is 0 Å². The van der Waals surface area contributed by atoms with Gasteiger partial charge in [0.25, 0.3) is 5.91 Å². The second-order valence-electron chi connectivity index (χ2n) is 5.14. The Morgan fingerprint density at radius 2 is 2.25 bits per heavy atom. The van der Waals surface area contributed by atoms with Gasteiger partial charge in [0.15, 0.2) is 0 Å². The Balaban J connectivity index is 2.18. The van der Waals surface area contributed by atoms with Crippen molar-refractivity contribution < 1.29 is 14.7 Å². The minimum absolute atomic E-state index is 0.187. The molecule has 1 atom stereocenters. The van der Waals surface area contributed by atoms with Crippen LogP contribution in [0.25, 0.3) is 0 Å². The number of carboxylic acid groups (broad SMARTS) is 1. The zero-order chi connectivity index (χ0) is 14.8. The normalized spacial score (nSPS) is 22.6. The zero-order valence-electron chi connectivity index (χ0n) is 11.3. The van der Waals surface area contributed by atoms with Gasteiger partial charge in [-0.2, -0.15) is 0 Å². The van der Waals surface area contributed by atoms with Crippen molar-refractivity contribution in [1.82, 2.24) is 9.88 Å². The van der Waals surface area contributed by atoms with E-state index in [0.717, 1.165) is 0 Å². The molecule has 0 saturated carbocycles. The van der Waals surface area contributed by atoms with Crippen molar-refractivity contribution in [3.05, 3.63) is 29.0 Å². The molecule has 20 heavy (non-hydrogen) atoms. The molecule has 1 fully saturated rings. The first-order valence-electron chi connectivity index (χ1n) is 6.63. The number of pyridine rings is 1. The lowest BCUT2D eigenvalue weighted by atomic mass is 9.77. The molecule has 0 aliphatic carbocycles. The third-order valence-electron chi connectivity index (χ3n) is 3.97. The van der Waals surface area contributed by atoms with Crippen LogP contribution in [0.5, 0.6) is 0 Å². The SMILES string of the molecule is CCC1(C(=O)O)CCCN(C(=O)c2ccc(Cl)nc2)C1.